The van der Waals surface area contributed by atoms with E-state index in [1.54, 1.807) is 29.2 Å². The third kappa shape index (κ3) is 3.29. The van der Waals surface area contributed by atoms with Gasteiger partial charge in [-0.15, -0.1) is 0 Å². The van der Waals surface area contributed by atoms with E-state index in [0.29, 0.717) is 22.7 Å². The van der Waals surface area contributed by atoms with Crippen molar-refractivity contribution in [1.82, 2.24) is 0 Å². The van der Waals surface area contributed by atoms with E-state index in [2.05, 4.69) is 0 Å². The summed E-state index contributed by atoms with van der Waals surface area (Å²) in [5.74, 6) is -0.458. The standard InChI is InChI=1S/C23H16ClNO2/c24-20-12-6-4-11-18(20)22(26)14-19-17-10-5-7-13-21(17)25(23(19)27)15-16-8-2-1-3-9-16/h1-14H,15H2/b19-14+. The van der Waals surface area contributed by atoms with Crippen LogP contribution in [0.1, 0.15) is 21.5 Å². The largest absolute Gasteiger partial charge is 0.303 e. The van der Waals surface area contributed by atoms with Gasteiger partial charge in [-0.05, 0) is 29.8 Å². The molecule has 0 bridgehead atoms. The summed E-state index contributed by atoms with van der Waals surface area (Å²) < 4.78 is 0. The highest BCUT2D eigenvalue weighted by Gasteiger charge is 2.32. The third-order valence-electron chi connectivity index (χ3n) is 4.56. The first-order valence-electron chi connectivity index (χ1n) is 8.61. The Bertz CT molecular complexity index is 1060. The molecule has 0 N–H and O–H groups in total. The van der Waals surface area contributed by atoms with Crippen LogP contribution in [0.3, 0.4) is 0 Å². The average molecular weight is 374 g/mol. The fraction of sp³-hybridized carbons (Fsp3) is 0.0435. The van der Waals surface area contributed by atoms with Crippen LogP contribution in [0, 0.1) is 0 Å². The fourth-order valence-corrected chi connectivity index (χ4v) is 3.47. The molecule has 0 saturated carbocycles. The van der Waals surface area contributed by atoms with Crippen molar-refractivity contribution >= 4 is 34.6 Å². The van der Waals surface area contributed by atoms with Crippen molar-refractivity contribution in [2.75, 3.05) is 4.90 Å². The number of nitrogens with zero attached hydrogens (tertiary/aromatic N) is 1. The number of hydrogen-bond donors (Lipinski definition) is 0. The van der Waals surface area contributed by atoms with Gasteiger partial charge in [0.25, 0.3) is 5.91 Å². The van der Waals surface area contributed by atoms with Crippen molar-refractivity contribution in [3.63, 3.8) is 0 Å². The fourth-order valence-electron chi connectivity index (χ4n) is 3.24. The molecule has 3 aromatic carbocycles. The molecular formula is C23H16ClNO2. The van der Waals surface area contributed by atoms with E-state index in [-0.39, 0.29) is 11.7 Å². The Hall–Kier alpha value is -3.17. The Balaban J connectivity index is 1.73. The van der Waals surface area contributed by atoms with Gasteiger partial charge >= 0.3 is 0 Å². The number of allylic oxidation sites excluding steroid dienone is 1. The summed E-state index contributed by atoms with van der Waals surface area (Å²) >= 11 is 6.13. The van der Waals surface area contributed by atoms with E-state index in [1.165, 1.54) is 6.08 Å². The van der Waals surface area contributed by atoms with Crippen LogP contribution >= 0.6 is 11.6 Å². The van der Waals surface area contributed by atoms with Crippen molar-refractivity contribution in [2.45, 2.75) is 6.54 Å². The van der Waals surface area contributed by atoms with Gasteiger partial charge in [0.15, 0.2) is 5.78 Å². The Morgan fingerprint density at radius 3 is 2.33 bits per heavy atom. The maximum atomic E-state index is 13.1. The van der Waals surface area contributed by atoms with Crippen LogP contribution in [0.4, 0.5) is 5.69 Å². The average Bonchev–Trinajstić information content (AvgIpc) is 2.95. The van der Waals surface area contributed by atoms with Gasteiger partial charge in [-0.2, -0.15) is 0 Å². The van der Waals surface area contributed by atoms with Gasteiger partial charge < -0.3 is 4.90 Å². The second-order valence-electron chi connectivity index (χ2n) is 6.30. The van der Waals surface area contributed by atoms with E-state index < -0.39 is 0 Å². The van der Waals surface area contributed by atoms with Crippen molar-refractivity contribution in [2.24, 2.45) is 0 Å². The summed E-state index contributed by atoms with van der Waals surface area (Å²) in [6.45, 7) is 0.453. The number of carbonyl (C=O) groups excluding carboxylic acids is 2. The number of anilines is 1. The van der Waals surface area contributed by atoms with Crippen LogP contribution in [0.15, 0.2) is 84.9 Å². The minimum atomic E-state index is -0.277. The molecule has 0 aliphatic carbocycles. The lowest BCUT2D eigenvalue weighted by atomic mass is 10.0. The molecule has 3 nitrogen and oxygen atoms in total. The molecule has 27 heavy (non-hydrogen) atoms. The van der Waals surface area contributed by atoms with E-state index >= 15 is 0 Å². The Kier molecular flexibility index (Phi) is 4.61. The van der Waals surface area contributed by atoms with Crippen LogP contribution in [-0.2, 0) is 11.3 Å². The van der Waals surface area contributed by atoms with Gasteiger partial charge in [0.1, 0.15) is 0 Å². The zero-order valence-electron chi connectivity index (χ0n) is 14.4. The number of para-hydroxylation sites is 1. The van der Waals surface area contributed by atoms with Crippen LogP contribution in [0.25, 0.3) is 5.57 Å². The first kappa shape index (κ1) is 17.3. The third-order valence-corrected chi connectivity index (χ3v) is 4.89. The molecule has 3 aromatic rings. The summed E-state index contributed by atoms with van der Waals surface area (Å²) in [6, 6.07) is 24.2. The molecule has 0 saturated heterocycles. The molecule has 0 fully saturated rings. The first-order chi connectivity index (χ1) is 13.1. The van der Waals surface area contributed by atoms with Crippen LogP contribution in [0.2, 0.25) is 5.02 Å². The Morgan fingerprint density at radius 2 is 1.56 bits per heavy atom. The summed E-state index contributed by atoms with van der Waals surface area (Å²) in [5, 5.41) is 0.374. The lowest BCUT2D eigenvalue weighted by Gasteiger charge is -2.17. The second kappa shape index (κ2) is 7.22. The highest BCUT2D eigenvalue weighted by Crippen LogP contribution is 2.37. The number of fused-ring (bicyclic) bond motifs is 1. The van der Waals surface area contributed by atoms with Crippen LogP contribution in [0.5, 0.6) is 0 Å². The molecule has 1 amide bonds. The van der Waals surface area contributed by atoms with Crippen molar-refractivity contribution in [1.29, 1.82) is 0 Å². The van der Waals surface area contributed by atoms with Crippen molar-refractivity contribution < 1.29 is 9.59 Å². The second-order valence-corrected chi connectivity index (χ2v) is 6.70. The minimum absolute atomic E-state index is 0.180. The quantitative estimate of drug-likeness (QED) is 0.468. The smallest absolute Gasteiger partial charge is 0.259 e. The maximum Gasteiger partial charge on any atom is 0.259 e. The van der Waals surface area contributed by atoms with Gasteiger partial charge in [0, 0.05) is 11.1 Å². The number of rotatable bonds is 4. The maximum absolute atomic E-state index is 13.1. The Labute approximate surface area is 162 Å². The van der Waals surface area contributed by atoms with Crippen LogP contribution in [-0.4, -0.2) is 11.7 Å². The highest BCUT2D eigenvalue weighted by molar-refractivity contribution is 6.38. The lowest BCUT2D eigenvalue weighted by molar-refractivity contribution is -0.113. The summed E-state index contributed by atoms with van der Waals surface area (Å²) in [5.41, 5.74) is 3.38. The monoisotopic (exact) mass is 373 g/mol. The lowest BCUT2D eigenvalue weighted by Crippen LogP contribution is -2.25. The van der Waals surface area contributed by atoms with E-state index in [4.69, 9.17) is 11.6 Å². The molecule has 1 heterocycles. The van der Waals surface area contributed by atoms with Gasteiger partial charge in [-0.3, -0.25) is 9.59 Å². The zero-order chi connectivity index (χ0) is 18.8. The molecule has 0 radical (unpaired) electrons. The van der Waals surface area contributed by atoms with E-state index in [9.17, 15) is 9.59 Å². The number of hydrogen-bond acceptors (Lipinski definition) is 2. The zero-order valence-corrected chi connectivity index (χ0v) is 15.2. The predicted octanol–water partition coefficient (Wildman–Crippen LogP) is 5.15. The number of benzene rings is 3. The predicted molar refractivity (Wildman–Crippen MR) is 108 cm³/mol. The number of ketones is 1. The SMILES string of the molecule is O=C(/C=C1/C(=O)N(Cc2ccccc2)c2ccccc21)c1ccccc1Cl. The molecule has 4 heteroatoms. The minimum Gasteiger partial charge on any atom is -0.303 e. The first-order valence-corrected chi connectivity index (χ1v) is 8.98. The molecule has 1 aliphatic rings. The number of carbonyl (C=O) groups is 2. The molecule has 0 unspecified atom stereocenters. The number of halogens is 1. The van der Waals surface area contributed by atoms with Gasteiger partial charge in [-0.25, -0.2) is 0 Å². The summed E-state index contributed by atoms with van der Waals surface area (Å²) in [7, 11) is 0. The summed E-state index contributed by atoms with van der Waals surface area (Å²) in [6.07, 6.45) is 1.40. The van der Waals surface area contributed by atoms with Crippen molar-refractivity contribution in [3.05, 3.63) is 107 Å². The van der Waals surface area contributed by atoms with E-state index in [0.717, 1.165) is 16.8 Å². The van der Waals surface area contributed by atoms with E-state index in [1.807, 2.05) is 54.6 Å². The van der Waals surface area contributed by atoms with Crippen molar-refractivity contribution in [3.8, 4) is 0 Å². The molecule has 132 valence electrons. The normalized spacial score (nSPS) is 14.5. The molecule has 0 aromatic heterocycles. The highest BCUT2D eigenvalue weighted by atomic mass is 35.5. The molecular weight excluding hydrogens is 358 g/mol. The van der Waals surface area contributed by atoms with Gasteiger partial charge in [-0.1, -0.05) is 72.3 Å². The summed E-state index contributed by atoms with van der Waals surface area (Å²) in [4.78, 5) is 27.5. The Morgan fingerprint density at radius 1 is 0.889 bits per heavy atom. The van der Waals surface area contributed by atoms with Gasteiger partial charge in [0.2, 0.25) is 0 Å². The van der Waals surface area contributed by atoms with Gasteiger partial charge in [0.05, 0.1) is 22.8 Å². The topological polar surface area (TPSA) is 37.4 Å². The van der Waals surface area contributed by atoms with Crippen LogP contribution < -0.4 is 4.90 Å². The number of amides is 1. The molecule has 4 rings (SSSR count). The molecule has 1 aliphatic heterocycles. The molecule has 0 spiro atoms. The molecule has 0 atom stereocenters.